The molecular weight excluding hydrogens is 394 g/mol. The first-order chi connectivity index (χ1) is 14.8. The van der Waals surface area contributed by atoms with Crippen molar-refractivity contribution < 1.29 is 19.0 Å². The van der Waals surface area contributed by atoms with Crippen LogP contribution in [-0.4, -0.2) is 45.5 Å². The minimum atomic E-state index is -0.367. The highest BCUT2D eigenvalue weighted by Crippen LogP contribution is 2.44. The van der Waals surface area contributed by atoms with Gasteiger partial charge in [-0.3, -0.25) is 4.79 Å². The second kappa shape index (κ2) is 9.29. The second-order valence-corrected chi connectivity index (χ2v) is 8.36. The molecule has 166 valence electrons. The summed E-state index contributed by atoms with van der Waals surface area (Å²) in [5.74, 6) is 1.82. The van der Waals surface area contributed by atoms with Crippen LogP contribution in [0.5, 0.6) is 17.2 Å². The Morgan fingerprint density at radius 1 is 1.19 bits per heavy atom. The van der Waals surface area contributed by atoms with E-state index in [2.05, 4.69) is 49.3 Å². The molecule has 0 bridgehead atoms. The van der Waals surface area contributed by atoms with E-state index in [0.29, 0.717) is 23.2 Å². The zero-order valence-electron chi connectivity index (χ0n) is 19.1. The molecule has 0 radical (unpaired) electrons. The lowest BCUT2D eigenvalue weighted by atomic mass is 9.80. The number of nitrogens with one attached hydrogen (secondary N) is 1. The summed E-state index contributed by atoms with van der Waals surface area (Å²) in [7, 11) is 5.30. The van der Waals surface area contributed by atoms with E-state index in [0.717, 1.165) is 17.7 Å². The number of fused-ring (bicyclic) bond motifs is 1. The number of carbonyl (C=O) groups is 1. The number of methoxy groups -OCH3 is 2. The smallest absolute Gasteiger partial charge is 0.277 e. The normalized spacial score (nSPS) is 17.2. The minimum Gasteiger partial charge on any atom is -0.496 e. The molecule has 7 heteroatoms. The summed E-state index contributed by atoms with van der Waals surface area (Å²) in [6.07, 6.45) is 2.66. The molecule has 1 aliphatic rings. The zero-order valence-corrected chi connectivity index (χ0v) is 19.1. The third kappa shape index (κ3) is 4.93. The molecule has 0 spiro atoms. The van der Waals surface area contributed by atoms with E-state index < -0.39 is 0 Å². The van der Waals surface area contributed by atoms with Crippen molar-refractivity contribution in [1.82, 2.24) is 5.43 Å². The van der Waals surface area contributed by atoms with Crippen LogP contribution in [0.2, 0.25) is 0 Å². The molecule has 7 nitrogen and oxygen atoms in total. The maximum Gasteiger partial charge on any atom is 0.277 e. The fourth-order valence-corrected chi connectivity index (χ4v) is 3.98. The van der Waals surface area contributed by atoms with E-state index >= 15 is 0 Å². The van der Waals surface area contributed by atoms with Gasteiger partial charge in [0, 0.05) is 29.9 Å². The summed E-state index contributed by atoms with van der Waals surface area (Å²) in [6.45, 7) is 6.56. The topological polar surface area (TPSA) is 72.4 Å². The van der Waals surface area contributed by atoms with Crippen molar-refractivity contribution in [2.75, 3.05) is 32.8 Å². The number of hydrazone groups is 1. The largest absolute Gasteiger partial charge is 0.496 e. The number of amides is 1. The summed E-state index contributed by atoms with van der Waals surface area (Å²) in [4.78, 5) is 14.4. The van der Waals surface area contributed by atoms with E-state index in [1.165, 1.54) is 5.56 Å². The third-order valence-electron chi connectivity index (χ3n) is 5.81. The molecule has 1 amide bonds. The highest BCUT2D eigenvalue weighted by atomic mass is 16.5. The quantitative estimate of drug-likeness (QED) is 0.537. The fraction of sp³-hybridized carbons (Fsp3) is 0.417. The van der Waals surface area contributed by atoms with Crippen LogP contribution in [0.3, 0.4) is 0 Å². The van der Waals surface area contributed by atoms with E-state index in [1.54, 1.807) is 32.6 Å². The van der Waals surface area contributed by atoms with Crippen LogP contribution >= 0.6 is 0 Å². The highest BCUT2D eigenvalue weighted by molar-refractivity contribution is 5.87. The van der Waals surface area contributed by atoms with Crippen molar-refractivity contribution in [1.29, 1.82) is 0 Å². The lowest BCUT2D eigenvalue weighted by molar-refractivity contribution is -0.123. The molecule has 0 saturated heterocycles. The van der Waals surface area contributed by atoms with Gasteiger partial charge >= 0.3 is 0 Å². The van der Waals surface area contributed by atoms with Crippen molar-refractivity contribution in [3.63, 3.8) is 0 Å². The summed E-state index contributed by atoms with van der Waals surface area (Å²) >= 11 is 0. The number of rotatable bonds is 7. The first kappa shape index (κ1) is 22.5. The van der Waals surface area contributed by atoms with E-state index in [9.17, 15) is 4.79 Å². The highest BCUT2D eigenvalue weighted by Gasteiger charge is 2.34. The Morgan fingerprint density at radius 3 is 2.55 bits per heavy atom. The predicted molar refractivity (Wildman–Crippen MR) is 123 cm³/mol. The number of anilines is 1. The van der Waals surface area contributed by atoms with Crippen LogP contribution in [0, 0.1) is 0 Å². The van der Waals surface area contributed by atoms with Crippen LogP contribution < -0.4 is 24.5 Å². The average molecular weight is 426 g/mol. The molecule has 0 saturated carbocycles. The molecule has 1 unspecified atom stereocenters. The van der Waals surface area contributed by atoms with Crippen LogP contribution in [0.1, 0.15) is 44.2 Å². The van der Waals surface area contributed by atoms with Gasteiger partial charge in [-0.2, -0.15) is 5.10 Å². The maximum absolute atomic E-state index is 12.1. The van der Waals surface area contributed by atoms with Crippen molar-refractivity contribution in [3.05, 3.63) is 47.5 Å². The van der Waals surface area contributed by atoms with Gasteiger partial charge in [0.05, 0.1) is 20.4 Å². The second-order valence-electron chi connectivity index (χ2n) is 8.36. The zero-order chi connectivity index (χ0) is 22.6. The molecule has 2 aromatic rings. The molecule has 0 aromatic heterocycles. The number of carbonyl (C=O) groups excluding carboxylic acids is 1. The summed E-state index contributed by atoms with van der Waals surface area (Å²) in [6, 6.07) is 11.3. The van der Waals surface area contributed by atoms with Gasteiger partial charge in [0.2, 0.25) is 0 Å². The first-order valence-electron chi connectivity index (χ1n) is 10.3. The van der Waals surface area contributed by atoms with Crippen molar-refractivity contribution >= 4 is 17.8 Å². The molecule has 1 aliphatic heterocycles. The molecule has 0 aliphatic carbocycles. The Balaban J connectivity index is 1.69. The van der Waals surface area contributed by atoms with E-state index in [1.807, 2.05) is 18.2 Å². The number of nitrogens with zero attached hydrogens (tertiary/aromatic N) is 2. The van der Waals surface area contributed by atoms with Crippen LogP contribution in [0.25, 0.3) is 0 Å². The Bertz CT molecular complexity index is 971. The van der Waals surface area contributed by atoms with Crippen LogP contribution in [-0.2, 0) is 4.79 Å². The Kier molecular flexibility index (Phi) is 6.73. The van der Waals surface area contributed by atoms with E-state index in [4.69, 9.17) is 14.2 Å². The molecule has 0 fully saturated rings. The number of para-hydroxylation sites is 2. The molecule has 1 heterocycles. The summed E-state index contributed by atoms with van der Waals surface area (Å²) in [5, 5.41) is 4.10. The Morgan fingerprint density at radius 2 is 1.87 bits per heavy atom. The monoisotopic (exact) mass is 425 g/mol. The summed E-state index contributed by atoms with van der Waals surface area (Å²) in [5.41, 5.74) is 5.79. The Hall–Kier alpha value is -3.22. The van der Waals surface area contributed by atoms with Gasteiger partial charge in [-0.25, -0.2) is 5.43 Å². The Labute approximate surface area is 184 Å². The van der Waals surface area contributed by atoms with E-state index in [-0.39, 0.29) is 18.1 Å². The predicted octanol–water partition coefficient (Wildman–Crippen LogP) is 3.95. The standard InChI is InChI=1S/C24H31N3O4/c1-16-13-24(2,3)27(4)19-12-22(30-6)17(11-18(16)19)14-25-26-23(28)15-31-21-10-8-7-9-20(21)29-5/h7-12,14,16H,13,15H2,1-6H3,(H,26,28)/b25-14+. The number of benzene rings is 2. The van der Waals surface area contributed by atoms with Gasteiger partial charge in [-0.15, -0.1) is 0 Å². The SMILES string of the molecule is COc1cc2c(cc1/C=N/NC(=O)COc1ccccc1OC)C(C)CC(C)(C)N2C. The van der Waals surface area contributed by atoms with Gasteiger partial charge in [0.1, 0.15) is 5.75 Å². The van der Waals surface area contributed by atoms with Gasteiger partial charge in [-0.05, 0) is 49.9 Å². The average Bonchev–Trinajstić information content (AvgIpc) is 2.75. The van der Waals surface area contributed by atoms with Crippen molar-refractivity contribution in [3.8, 4) is 17.2 Å². The fourth-order valence-electron chi connectivity index (χ4n) is 3.98. The van der Waals surface area contributed by atoms with Gasteiger partial charge in [0.15, 0.2) is 18.1 Å². The molecule has 1 atom stereocenters. The van der Waals surface area contributed by atoms with Crippen molar-refractivity contribution in [2.45, 2.75) is 38.6 Å². The molecule has 1 N–H and O–H groups in total. The third-order valence-corrected chi connectivity index (χ3v) is 5.81. The maximum atomic E-state index is 12.1. The summed E-state index contributed by atoms with van der Waals surface area (Å²) < 4.78 is 16.3. The van der Waals surface area contributed by atoms with Gasteiger partial charge in [-0.1, -0.05) is 19.1 Å². The molecule has 3 rings (SSSR count). The lowest BCUT2D eigenvalue weighted by Gasteiger charge is -2.45. The molecule has 2 aromatic carbocycles. The van der Waals surface area contributed by atoms with Gasteiger partial charge in [0.25, 0.3) is 5.91 Å². The van der Waals surface area contributed by atoms with Crippen LogP contribution in [0.15, 0.2) is 41.5 Å². The van der Waals surface area contributed by atoms with Crippen molar-refractivity contribution in [2.24, 2.45) is 5.10 Å². The lowest BCUT2D eigenvalue weighted by Crippen LogP contribution is -2.45. The number of hydrogen-bond acceptors (Lipinski definition) is 6. The van der Waals surface area contributed by atoms with Crippen LogP contribution in [0.4, 0.5) is 5.69 Å². The number of hydrogen-bond donors (Lipinski definition) is 1. The number of ether oxygens (including phenoxy) is 3. The van der Waals surface area contributed by atoms with Gasteiger partial charge < -0.3 is 19.1 Å². The molecular formula is C24H31N3O4. The first-order valence-corrected chi connectivity index (χ1v) is 10.3. The molecule has 31 heavy (non-hydrogen) atoms. The minimum absolute atomic E-state index is 0.0719.